The van der Waals surface area contributed by atoms with E-state index in [-0.39, 0.29) is 6.04 Å². The molecule has 118 valence electrons. The summed E-state index contributed by atoms with van der Waals surface area (Å²) >= 11 is 6.14. The normalized spacial score (nSPS) is 19.6. The summed E-state index contributed by atoms with van der Waals surface area (Å²) in [6, 6.07) is 7.26. The molecule has 0 spiro atoms. The number of rotatable bonds is 4. The molecule has 1 aliphatic rings. The van der Waals surface area contributed by atoms with Crippen molar-refractivity contribution in [2.24, 2.45) is 0 Å². The van der Waals surface area contributed by atoms with E-state index in [0.717, 1.165) is 18.4 Å². The minimum absolute atomic E-state index is 0.296. The highest BCUT2D eigenvalue weighted by molar-refractivity contribution is 7.88. The first-order valence-electron chi connectivity index (χ1n) is 7.10. The molecule has 1 saturated heterocycles. The van der Waals surface area contributed by atoms with Gasteiger partial charge in [-0.25, -0.2) is 13.4 Å². The van der Waals surface area contributed by atoms with E-state index in [0.29, 0.717) is 29.6 Å². The molecule has 1 unspecified atom stereocenters. The predicted molar refractivity (Wildman–Crippen MR) is 84.3 cm³/mol. The zero-order valence-corrected chi connectivity index (χ0v) is 13.8. The molecule has 22 heavy (non-hydrogen) atoms. The number of nitrogens with zero attached hydrogens (tertiary/aromatic N) is 2. The highest BCUT2D eigenvalue weighted by Crippen LogP contribution is 2.33. The van der Waals surface area contributed by atoms with E-state index in [2.05, 4.69) is 4.98 Å². The SMILES string of the molecule is CS(=O)(=O)N1CCCC1c1ncc(Cc2ccccc2Cl)o1. The molecule has 0 bridgehead atoms. The molecule has 0 radical (unpaired) electrons. The Labute approximate surface area is 135 Å². The largest absolute Gasteiger partial charge is 0.444 e. The van der Waals surface area contributed by atoms with Crippen molar-refractivity contribution in [1.29, 1.82) is 0 Å². The van der Waals surface area contributed by atoms with E-state index in [9.17, 15) is 8.42 Å². The van der Waals surface area contributed by atoms with E-state index < -0.39 is 10.0 Å². The van der Waals surface area contributed by atoms with Crippen LogP contribution in [0.3, 0.4) is 0 Å². The Morgan fingerprint density at radius 3 is 2.91 bits per heavy atom. The summed E-state index contributed by atoms with van der Waals surface area (Å²) in [6.07, 6.45) is 4.97. The van der Waals surface area contributed by atoms with Gasteiger partial charge in [-0.05, 0) is 24.5 Å². The van der Waals surface area contributed by atoms with Gasteiger partial charge in [0.25, 0.3) is 0 Å². The quantitative estimate of drug-likeness (QED) is 0.858. The number of benzene rings is 1. The van der Waals surface area contributed by atoms with Crippen LogP contribution in [0, 0.1) is 0 Å². The highest BCUT2D eigenvalue weighted by atomic mass is 35.5. The molecule has 2 heterocycles. The number of oxazole rings is 1. The van der Waals surface area contributed by atoms with Gasteiger partial charge in [-0.3, -0.25) is 0 Å². The zero-order valence-electron chi connectivity index (χ0n) is 12.2. The van der Waals surface area contributed by atoms with Crippen LogP contribution in [0.1, 0.15) is 36.1 Å². The molecular weight excluding hydrogens is 324 g/mol. The lowest BCUT2D eigenvalue weighted by Crippen LogP contribution is -2.29. The van der Waals surface area contributed by atoms with Crippen molar-refractivity contribution in [3.8, 4) is 0 Å². The molecule has 7 heteroatoms. The second-order valence-electron chi connectivity index (χ2n) is 5.46. The van der Waals surface area contributed by atoms with Crippen molar-refractivity contribution in [3.05, 3.63) is 52.7 Å². The van der Waals surface area contributed by atoms with Gasteiger partial charge in [0.05, 0.1) is 12.5 Å². The maximum Gasteiger partial charge on any atom is 0.212 e. The third-order valence-electron chi connectivity index (χ3n) is 3.81. The van der Waals surface area contributed by atoms with E-state index in [1.807, 2.05) is 24.3 Å². The number of hydrogen-bond acceptors (Lipinski definition) is 4. The predicted octanol–water partition coefficient (Wildman–Crippen LogP) is 3.02. The van der Waals surface area contributed by atoms with Gasteiger partial charge in [-0.1, -0.05) is 29.8 Å². The van der Waals surface area contributed by atoms with Crippen molar-refractivity contribution in [2.75, 3.05) is 12.8 Å². The Balaban J connectivity index is 1.81. The molecule has 1 fully saturated rings. The van der Waals surface area contributed by atoms with Crippen LogP contribution >= 0.6 is 11.6 Å². The van der Waals surface area contributed by atoms with Gasteiger partial charge in [0.15, 0.2) is 0 Å². The molecule has 1 atom stereocenters. The Kier molecular flexibility index (Phi) is 4.25. The van der Waals surface area contributed by atoms with E-state index in [1.165, 1.54) is 10.6 Å². The highest BCUT2D eigenvalue weighted by Gasteiger charge is 2.35. The fourth-order valence-electron chi connectivity index (χ4n) is 2.77. The van der Waals surface area contributed by atoms with Crippen LogP contribution in [-0.4, -0.2) is 30.5 Å². The van der Waals surface area contributed by atoms with E-state index in [4.69, 9.17) is 16.0 Å². The fourth-order valence-corrected chi connectivity index (χ4v) is 4.09. The van der Waals surface area contributed by atoms with Crippen LogP contribution in [0.25, 0.3) is 0 Å². The number of sulfonamides is 1. The van der Waals surface area contributed by atoms with Gasteiger partial charge in [0.1, 0.15) is 11.8 Å². The van der Waals surface area contributed by atoms with Crippen molar-refractivity contribution >= 4 is 21.6 Å². The minimum Gasteiger partial charge on any atom is -0.444 e. The Bertz CT molecular complexity index is 773. The molecule has 0 N–H and O–H groups in total. The topological polar surface area (TPSA) is 63.4 Å². The molecular formula is C15H17ClN2O3S. The van der Waals surface area contributed by atoms with E-state index in [1.54, 1.807) is 6.20 Å². The fraction of sp³-hybridized carbons (Fsp3) is 0.400. The number of hydrogen-bond donors (Lipinski definition) is 0. The summed E-state index contributed by atoms with van der Waals surface area (Å²) in [5.41, 5.74) is 0.957. The summed E-state index contributed by atoms with van der Waals surface area (Å²) in [6.45, 7) is 0.520. The van der Waals surface area contributed by atoms with Gasteiger partial charge in [-0.15, -0.1) is 0 Å². The number of aromatic nitrogens is 1. The zero-order chi connectivity index (χ0) is 15.7. The maximum atomic E-state index is 11.8. The summed E-state index contributed by atoms with van der Waals surface area (Å²) in [5.74, 6) is 1.15. The Morgan fingerprint density at radius 2 is 2.18 bits per heavy atom. The standard InChI is InChI=1S/C15H17ClN2O3S/c1-22(19,20)18-8-4-7-14(18)15-17-10-12(21-15)9-11-5-2-3-6-13(11)16/h2-3,5-6,10,14H,4,7-9H2,1H3. The lowest BCUT2D eigenvalue weighted by molar-refractivity contribution is 0.323. The third kappa shape index (κ3) is 3.19. The molecule has 5 nitrogen and oxygen atoms in total. The average molecular weight is 341 g/mol. The van der Waals surface area contributed by atoms with Crippen molar-refractivity contribution in [1.82, 2.24) is 9.29 Å². The Hall–Kier alpha value is -1.37. The van der Waals surface area contributed by atoms with Gasteiger partial charge < -0.3 is 4.42 Å². The lowest BCUT2D eigenvalue weighted by atomic mass is 10.1. The van der Waals surface area contributed by atoms with Crippen LogP contribution in [-0.2, 0) is 16.4 Å². The van der Waals surface area contributed by atoms with Crippen molar-refractivity contribution in [2.45, 2.75) is 25.3 Å². The van der Waals surface area contributed by atoms with Crippen molar-refractivity contribution < 1.29 is 12.8 Å². The first-order chi connectivity index (χ1) is 10.4. The van der Waals surface area contributed by atoms with Crippen LogP contribution in [0.15, 0.2) is 34.9 Å². The first-order valence-corrected chi connectivity index (χ1v) is 9.32. The summed E-state index contributed by atoms with van der Waals surface area (Å²) in [4.78, 5) is 4.27. The summed E-state index contributed by atoms with van der Waals surface area (Å²) < 4.78 is 30.8. The van der Waals surface area contributed by atoms with Crippen LogP contribution in [0.5, 0.6) is 0 Å². The first kappa shape index (κ1) is 15.5. The summed E-state index contributed by atoms with van der Waals surface area (Å²) in [7, 11) is -3.24. The molecule has 0 saturated carbocycles. The van der Waals surface area contributed by atoms with Crippen LogP contribution < -0.4 is 0 Å². The summed E-state index contributed by atoms with van der Waals surface area (Å²) in [5, 5.41) is 0.680. The van der Waals surface area contributed by atoms with Gasteiger partial charge in [0, 0.05) is 18.0 Å². The monoisotopic (exact) mass is 340 g/mol. The molecule has 1 aromatic heterocycles. The Morgan fingerprint density at radius 1 is 1.41 bits per heavy atom. The lowest BCUT2D eigenvalue weighted by Gasteiger charge is -2.19. The van der Waals surface area contributed by atoms with Gasteiger partial charge in [-0.2, -0.15) is 4.31 Å². The van der Waals surface area contributed by atoms with E-state index >= 15 is 0 Å². The minimum atomic E-state index is -3.24. The van der Waals surface area contributed by atoms with Crippen molar-refractivity contribution in [3.63, 3.8) is 0 Å². The average Bonchev–Trinajstić information content (AvgIpc) is 3.09. The maximum absolute atomic E-state index is 11.8. The third-order valence-corrected chi connectivity index (χ3v) is 5.47. The molecule has 1 aromatic carbocycles. The smallest absolute Gasteiger partial charge is 0.212 e. The van der Waals surface area contributed by atoms with Gasteiger partial charge in [0.2, 0.25) is 15.9 Å². The molecule has 2 aromatic rings. The second kappa shape index (κ2) is 6.02. The molecule has 1 aliphatic heterocycles. The van der Waals surface area contributed by atoms with Crippen LogP contribution in [0.2, 0.25) is 5.02 Å². The molecule has 0 amide bonds. The molecule has 0 aliphatic carbocycles. The number of halogens is 1. The molecule has 3 rings (SSSR count). The van der Waals surface area contributed by atoms with Crippen LogP contribution in [0.4, 0.5) is 0 Å². The second-order valence-corrected chi connectivity index (χ2v) is 7.81. The van der Waals surface area contributed by atoms with Gasteiger partial charge >= 0.3 is 0 Å².